The van der Waals surface area contributed by atoms with Crippen LogP contribution in [0.4, 0.5) is 0 Å². The van der Waals surface area contributed by atoms with Gasteiger partial charge >= 0.3 is 0 Å². The van der Waals surface area contributed by atoms with Gasteiger partial charge in [0.25, 0.3) is 11.8 Å². The lowest BCUT2D eigenvalue weighted by Crippen LogP contribution is -2.43. The van der Waals surface area contributed by atoms with Crippen LogP contribution in [0.2, 0.25) is 0 Å². The van der Waals surface area contributed by atoms with E-state index in [1.807, 2.05) is 23.1 Å². The first-order valence-corrected chi connectivity index (χ1v) is 9.28. The maximum Gasteiger partial charge on any atom is 0.254 e. The Bertz CT molecular complexity index is 761. The Morgan fingerprint density at radius 3 is 2.77 bits per heavy atom. The van der Waals surface area contributed by atoms with Gasteiger partial charge in [0.15, 0.2) is 0 Å². The molecule has 1 saturated heterocycles. The van der Waals surface area contributed by atoms with Crippen molar-refractivity contribution in [2.45, 2.75) is 45.2 Å². The molecule has 1 aromatic carbocycles. The van der Waals surface area contributed by atoms with Gasteiger partial charge in [-0.05, 0) is 56.0 Å². The molecule has 5 nitrogen and oxygen atoms in total. The lowest BCUT2D eigenvalue weighted by atomic mass is 9.98. The third kappa shape index (κ3) is 4.28. The molecule has 26 heavy (non-hydrogen) atoms. The van der Waals surface area contributed by atoms with Crippen LogP contribution in [0.3, 0.4) is 0 Å². The van der Waals surface area contributed by atoms with Gasteiger partial charge in [-0.15, -0.1) is 0 Å². The Labute approximate surface area is 154 Å². The zero-order chi connectivity index (χ0) is 18.4. The molecule has 1 aliphatic heterocycles. The van der Waals surface area contributed by atoms with Crippen LogP contribution in [-0.4, -0.2) is 34.3 Å². The molecule has 0 aliphatic carbocycles. The molecule has 2 aromatic rings. The third-order valence-electron chi connectivity index (χ3n) is 4.89. The van der Waals surface area contributed by atoms with Crippen molar-refractivity contribution in [3.05, 3.63) is 65.5 Å². The van der Waals surface area contributed by atoms with Crippen LogP contribution in [0.15, 0.2) is 48.7 Å². The maximum absolute atomic E-state index is 12.9. The standard InChI is InChI=1S/C21H25N3O2/c1-2-19-11-4-6-13-24(19)21(26)17-9-7-8-16(14-17)20(25)23-15-18-10-3-5-12-22-18/h3,5,7-10,12,14,19H,2,4,6,11,13,15H2,1H3,(H,23,25). The summed E-state index contributed by atoms with van der Waals surface area (Å²) in [4.78, 5) is 31.5. The van der Waals surface area contributed by atoms with E-state index in [1.54, 1.807) is 30.5 Å². The summed E-state index contributed by atoms with van der Waals surface area (Å²) in [5.74, 6) is -0.174. The highest BCUT2D eigenvalue weighted by molar-refractivity contribution is 5.99. The average Bonchev–Trinajstić information content (AvgIpc) is 2.72. The van der Waals surface area contributed by atoms with Crippen molar-refractivity contribution in [1.29, 1.82) is 0 Å². The van der Waals surface area contributed by atoms with Crippen molar-refractivity contribution in [3.8, 4) is 0 Å². The molecule has 2 heterocycles. The SMILES string of the molecule is CCC1CCCCN1C(=O)c1cccc(C(=O)NCc2ccccn2)c1. The number of hydrogen-bond acceptors (Lipinski definition) is 3. The van der Waals surface area contributed by atoms with Crippen LogP contribution < -0.4 is 5.32 Å². The normalized spacial score (nSPS) is 17.0. The fraction of sp³-hybridized carbons (Fsp3) is 0.381. The van der Waals surface area contributed by atoms with Gasteiger partial charge in [-0.1, -0.05) is 19.1 Å². The minimum atomic E-state index is -0.198. The molecular weight excluding hydrogens is 326 g/mol. The lowest BCUT2D eigenvalue weighted by Gasteiger charge is -2.35. The Balaban J connectivity index is 1.69. The average molecular weight is 351 g/mol. The molecule has 1 unspecified atom stereocenters. The third-order valence-corrected chi connectivity index (χ3v) is 4.89. The van der Waals surface area contributed by atoms with Gasteiger partial charge in [0.05, 0.1) is 12.2 Å². The number of likely N-dealkylation sites (tertiary alicyclic amines) is 1. The summed E-state index contributed by atoms with van der Waals surface area (Å²) in [5.41, 5.74) is 1.87. The minimum Gasteiger partial charge on any atom is -0.346 e. The van der Waals surface area contributed by atoms with Crippen LogP contribution in [0.25, 0.3) is 0 Å². The van der Waals surface area contributed by atoms with Gasteiger partial charge < -0.3 is 10.2 Å². The molecule has 5 heteroatoms. The number of hydrogen-bond donors (Lipinski definition) is 1. The van der Waals surface area contributed by atoms with Gasteiger partial charge in [0.1, 0.15) is 0 Å². The second-order valence-electron chi connectivity index (χ2n) is 6.64. The van der Waals surface area contributed by atoms with Crippen LogP contribution in [0.5, 0.6) is 0 Å². The van der Waals surface area contributed by atoms with E-state index in [4.69, 9.17) is 0 Å². The quantitative estimate of drug-likeness (QED) is 0.898. The van der Waals surface area contributed by atoms with Crippen LogP contribution in [-0.2, 0) is 6.54 Å². The van der Waals surface area contributed by atoms with Crippen molar-refractivity contribution >= 4 is 11.8 Å². The van der Waals surface area contributed by atoms with E-state index in [-0.39, 0.29) is 11.8 Å². The number of piperidine rings is 1. The summed E-state index contributed by atoms with van der Waals surface area (Å²) in [6.07, 6.45) is 5.96. The number of amides is 2. The fourth-order valence-corrected chi connectivity index (χ4v) is 3.43. The first kappa shape index (κ1) is 18.1. The van der Waals surface area contributed by atoms with Crippen molar-refractivity contribution in [1.82, 2.24) is 15.2 Å². The first-order chi connectivity index (χ1) is 12.7. The van der Waals surface area contributed by atoms with E-state index in [1.165, 1.54) is 6.42 Å². The van der Waals surface area contributed by atoms with E-state index in [2.05, 4.69) is 17.2 Å². The monoisotopic (exact) mass is 351 g/mol. The van der Waals surface area contributed by atoms with Crippen molar-refractivity contribution in [2.75, 3.05) is 6.54 Å². The predicted octanol–water partition coefficient (Wildman–Crippen LogP) is 3.42. The van der Waals surface area contributed by atoms with Gasteiger partial charge in [-0.3, -0.25) is 14.6 Å². The number of benzene rings is 1. The number of nitrogens with zero attached hydrogens (tertiary/aromatic N) is 2. The number of nitrogens with one attached hydrogen (secondary N) is 1. The number of aromatic nitrogens is 1. The topological polar surface area (TPSA) is 62.3 Å². The maximum atomic E-state index is 12.9. The zero-order valence-electron chi connectivity index (χ0n) is 15.1. The number of pyridine rings is 1. The summed E-state index contributed by atoms with van der Waals surface area (Å²) in [5, 5.41) is 2.85. The van der Waals surface area contributed by atoms with Crippen LogP contribution in [0.1, 0.15) is 59.0 Å². The summed E-state index contributed by atoms with van der Waals surface area (Å²) in [6.45, 7) is 3.28. The fourth-order valence-electron chi connectivity index (χ4n) is 3.43. The number of rotatable bonds is 5. The Morgan fingerprint density at radius 1 is 1.15 bits per heavy atom. The molecule has 1 fully saturated rings. The Kier molecular flexibility index (Phi) is 6.00. The van der Waals surface area contributed by atoms with Gasteiger partial charge in [-0.2, -0.15) is 0 Å². The first-order valence-electron chi connectivity index (χ1n) is 9.28. The smallest absolute Gasteiger partial charge is 0.254 e. The summed E-state index contributed by atoms with van der Waals surface area (Å²) in [7, 11) is 0. The summed E-state index contributed by atoms with van der Waals surface area (Å²) >= 11 is 0. The predicted molar refractivity (Wildman–Crippen MR) is 101 cm³/mol. The van der Waals surface area contributed by atoms with Crippen molar-refractivity contribution in [3.63, 3.8) is 0 Å². The molecule has 0 saturated carbocycles. The van der Waals surface area contributed by atoms with Gasteiger partial charge in [0, 0.05) is 29.9 Å². The molecule has 1 atom stereocenters. The van der Waals surface area contributed by atoms with Gasteiger partial charge in [0.2, 0.25) is 0 Å². The van der Waals surface area contributed by atoms with E-state index in [0.717, 1.165) is 31.5 Å². The second kappa shape index (κ2) is 8.61. The number of carbonyl (C=O) groups is 2. The molecule has 1 aromatic heterocycles. The Hall–Kier alpha value is -2.69. The highest BCUT2D eigenvalue weighted by Gasteiger charge is 2.26. The van der Waals surface area contributed by atoms with E-state index in [9.17, 15) is 9.59 Å². The lowest BCUT2D eigenvalue weighted by molar-refractivity contribution is 0.0608. The summed E-state index contributed by atoms with van der Waals surface area (Å²) in [6, 6.07) is 12.9. The zero-order valence-corrected chi connectivity index (χ0v) is 15.1. The molecule has 2 amide bonds. The number of carbonyl (C=O) groups excluding carboxylic acids is 2. The Morgan fingerprint density at radius 2 is 2.00 bits per heavy atom. The molecular formula is C21H25N3O2. The minimum absolute atomic E-state index is 0.0240. The summed E-state index contributed by atoms with van der Waals surface area (Å²) < 4.78 is 0. The molecule has 0 radical (unpaired) electrons. The van der Waals surface area contributed by atoms with Gasteiger partial charge in [-0.25, -0.2) is 0 Å². The molecule has 1 aliphatic rings. The van der Waals surface area contributed by atoms with Crippen molar-refractivity contribution < 1.29 is 9.59 Å². The highest BCUT2D eigenvalue weighted by Crippen LogP contribution is 2.22. The molecule has 0 spiro atoms. The van der Waals surface area contributed by atoms with Crippen LogP contribution in [0, 0.1) is 0 Å². The molecule has 136 valence electrons. The largest absolute Gasteiger partial charge is 0.346 e. The molecule has 3 rings (SSSR count). The highest BCUT2D eigenvalue weighted by atomic mass is 16.2. The van der Waals surface area contributed by atoms with E-state index in [0.29, 0.717) is 23.7 Å². The van der Waals surface area contributed by atoms with E-state index >= 15 is 0 Å². The molecule has 0 bridgehead atoms. The van der Waals surface area contributed by atoms with E-state index < -0.39 is 0 Å². The second-order valence-corrected chi connectivity index (χ2v) is 6.64. The van der Waals surface area contributed by atoms with Crippen LogP contribution >= 0.6 is 0 Å². The molecule has 1 N–H and O–H groups in total. The van der Waals surface area contributed by atoms with Crippen molar-refractivity contribution in [2.24, 2.45) is 0 Å².